The number of carbonyl (C=O) groups excluding carboxylic acids is 1. The average molecular weight is 358 g/mol. The number of para-hydroxylation sites is 1. The molecule has 0 aliphatic heterocycles. The van der Waals surface area contributed by atoms with Gasteiger partial charge in [0.2, 0.25) is 0 Å². The van der Waals surface area contributed by atoms with Gasteiger partial charge in [-0.1, -0.05) is 30.3 Å². The minimum atomic E-state index is -3.85. The molecule has 0 unspecified atom stereocenters. The first-order valence-corrected chi connectivity index (χ1v) is 8.99. The van der Waals surface area contributed by atoms with Crippen molar-refractivity contribution in [2.75, 3.05) is 12.9 Å². The maximum absolute atomic E-state index is 12.4. The van der Waals surface area contributed by atoms with E-state index in [2.05, 4.69) is 0 Å². The van der Waals surface area contributed by atoms with Crippen LogP contribution < -0.4 is 10.4 Å². The molecule has 25 heavy (non-hydrogen) atoms. The van der Waals surface area contributed by atoms with Gasteiger partial charge in [-0.15, -0.1) is 0 Å². The number of rotatable bonds is 5. The maximum Gasteiger partial charge on any atom is 0.347 e. The Bertz CT molecular complexity index is 1100. The normalized spacial score (nSPS) is 11.4. The van der Waals surface area contributed by atoms with Crippen molar-refractivity contribution in [1.82, 2.24) is 0 Å². The molecule has 0 N–H and O–H groups in total. The highest BCUT2D eigenvalue weighted by molar-refractivity contribution is 7.92. The third-order valence-corrected chi connectivity index (χ3v) is 5.30. The Morgan fingerprint density at radius 2 is 1.80 bits per heavy atom. The first kappa shape index (κ1) is 16.9. The van der Waals surface area contributed by atoms with Crippen molar-refractivity contribution in [2.45, 2.75) is 4.90 Å². The summed E-state index contributed by atoms with van der Waals surface area (Å²) in [7, 11) is -2.41. The number of ketones is 1. The van der Waals surface area contributed by atoms with Crippen molar-refractivity contribution in [1.29, 1.82) is 0 Å². The molecule has 0 radical (unpaired) electrons. The van der Waals surface area contributed by atoms with E-state index in [-0.39, 0.29) is 16.0 Å². The standard InChI is InChI=1S/C18H14O6S/c1-23-16-9-5-6-12-10-14(18(20)24-17(12)16)15(19)11-25(21,22)13-7-3-2-4-8-13/h2-10H,11H2,1H3. The molecule has 0 saturated heterocycles. The largest absolute Gasteiger partial charge is 0.493 e. The molecule has 0 fully saturated rings. The van der Waals surface area contributed by atoms with Gasteiger partial charge in [-0.3, -0.25) is 4.79 Å². The molecule has 128 valence electrons. The van der Waals surface area contributed by atoms with Gasteiger partial charge >= 0.3 is 5.63 Å². The van der Waals surface area contributed by atoms with E-state index < -0.39 is 27.0 Å². The van der Waals surface area contributed by atoms with Crippen molar-refractivity contribution in [3.63, 3.8) is 0 Å². The maximum atomic E-state index is 12.4. The summed E-state index contributed by atoms with van der Waals surface area (Å²) in [6.45, 7) is 0. The lowest BCUT2D eigenvalue weighted by Crippen LogP contribution is -2.22. The highest BCUT2D eigenvalue weighted by Crippen LogP contribution is 2.24. The molecule has 2 aromatic carbocycles. The Kier molecular flexibility index (Phi) is 4.41. The molecule has 7 heteroatoms. The summed E-state index contributed by atoms with van der Waals surface area (Å²) in [5, 5.41) is 0.472. The number of Topliss-reactive ketones (excluding diaryl/α,β-unsaturated/α-hetero) is 1. The van der Waals surface area contributed by atoms with Crippen molar-refractivity contribution < 1.29 is 22.4 Å². The van der Waals surface area contributed by atoms with Crippen molar-refractivity contribution >= 4 is 26.6 Å². The first-order valence-electron chi connectivity index (χ1n) is 7.34. The number of methoxy groups -OCH3 is 1. The molecule has 0 amide bonds. The first-order chi connectivity index (χ1) is 11.9. The molecule has 0 aliphatic rings. The summed E-state index contributed by atoms with van der Waals surface area (Å²) < 4.78 is 34.9. The minimum Gasteiger partial charge on any atom is -0.493 e. The van der Waals surface area contributed by atoms with Crippen LogP contribution in [0.3, 0.4) is 0 Å². The second kappa shape index (κ2) is 6.52. The Hall–Kier alpha value is -2.93. The van der Waals surface area contributed by atoms with Crippen LogP contribution in [0.5, 0.6) is 5.75 Å². The van der Waals surface area contributed by atoms with E-state index >= 15 is 0 Å². The number of carbonyl (C=O) groups is 1. The zero-order chi connectivity index (χ0) is 18.0. The lowest BCUT2D eigenvalue weighted by molar-refractivity contribution is 0.101. The summed E-state index contributed by atoms with van der Waals surface area (Å²) in [6, 6.07) is 13.9. The van der Waals surface area contributed by atoms with Gasteiger partial charge in [0.05, 0.1) is 12.0 Å². The second-order valence-electron chi connectivity index (χ2n) is 5.32. The van der Waals surface area contributed by atoms with Gasteiger partial charge < -0.3 is 9.15 Å². The van der Waals surface area contributed by atoms with Crippen LogP contribution in [0.4, 0.5) is 0 Å². The molecular weight excluding hydrogens is 344 g/mol. The highest BCUT2D eigenvalue weighted by atomic mass is 32.2. The van der Waals surface area contributed by atoms with Gasteiger partial charge in [0.25, 0.3) is 0 Å². The molecule has 3 aromatic rings. The van der Waals surface area contributed by atoms with Gasteiger partial charge in [0, 0.05) is 5.39 Å². The lowest BCUT2D eigenvalue weighted by atomic mass is 10.1. The third-order valence-electron chi connectivity index (χ3n) is 3.67. The zero-order valence-corrected chi connectivity index (χ0v) is 14.1. The van der Waals surface area contributed by atoms with E-state index in [1.54, 1.807) is 36.4 Å². The van der Waals surface area contributed by atoms with Crippen LogP contribution in [-0.4, -0.2) is 27.1 Å². The van der Waals surface area contributed by atoms with E-state index in [1.165, 1.54) is 25.3 Å². The molecular formula is C18H14O6S. The number of ether oxygens (including phenoxy) is 1. The molecule has 0 atom stereocenters. The lowest BCUT2D eigenvalue weighted by Gasteiger charge is -2.06. The minimum absolute atomic E-state index is 0.0233. The second-order valence-corrected chi connectivity index (χ2v) is 7.31. The molecule has 1 aromatic heterocycles. The van der Waals surface area contributed by atoms with Crippen LogP contribution in [0.2, 0.25) is 0 Å². The van der Waals surface area contributed by atoms with Gasteiger partial charge in [0.1, 0.15) is 11.3 Å². The van der Waals surface area contributed by atoms with E-state index in [9.17, 15) is 18.0 Å². The quantitative estimate of drug-likeness (QED) is 0.514. The highest BCUT2D eigenvalue weighted by Gasteiger charge is 2.23. The van der Waals surface area contributed by atoms with E-state index in [4.69, 9.17) is 9.15 Å². The Balaban J connectivity index is 2.01. The van der Waals surface area contributed by atoms with Gasteiger partial charge in [0.15, 0.2) is 27.0 Å². The van der Waals surface area contributed by atoms with E-state index in [1.807, 2.05) is 0 Å². The molecule has 0 bridgehead atoms. The molecule has 6 nitrogen and oxygen atoms in total. The van der Waals surface area contributed by atoms with Gasteiger partial charge in [-0.25, -0.2) is 13.2 Å². The monoisotopic (exact) mass is 358 g/mol. The summed E-state index contributed by atoms with van der Waals surface area (Å²) in [4.78, 5) is 24.5. The molecule has 3 rings (SSSR count). The fraction of sp³-hybridized carbons (Fsp3) is 0.111. The Morgan fingerprint density at radius 1 is 1.08 bits per heavy atom. The number of hydrogen-bond donors (Lipinski definition) is 0. The van der Waals surface area contributed by atoms with Crippen LogP contribution in [0.25, 0.3) is 11.0 Å². The number of hydrogen-bond acceptors (Lipinski definition) is 6. The van der Waals surface area contributed by atoms with E-state index in [0.717, 1.165) is 0 Å². The fourth-order valence-corrected chi connectivity index (χ4v) is 3.67. The molecule has 0 spiro atoms. The topological polar surface area (TPSA) is 90.7 Å². The Labute approximate surface area is 143 Å². The fourth-order valence-electron chi connectivity index (χ4n) is 2.43. The average Bonchev–Trinajstić information content (AvgIpc) is 2.61. The number of fused-ring (bicyclic) bond motifs is 1. The van der Waals surface area contributed by atoms with Gasteiger partial charge in [-0.05, 0) is 24.3 Å². The molecule has 0 aliphatic carbocycles. The molecule has 1 heterocycles. The van der Waals surface area contributed by atoms with Gasteiger partial charge in [-0.2, -0.15) is 0 Å². The Morgan fingerprint density at radius 3 is 2.48 bits per heavy atom. The summed E-state index contributed by atoms with van der Waals surface area (Å²) >= 11 is 0. The van der Waals surface area contributed by atoms with Crippen LogP contribution in [0, 0.1) is 0 Å². The smallest absolute Gasteiger partial charge is 0.347 e. The van der Waals surface area contributed by atoms with Crippen LogP contribution in [0.15, 0.2) is 68.7 Å². The summed E-state index contributed by atoms with van der Waals surface area (Å²) in [5.74, 6) is -1.27. The van der Waals surface area contributed by atoms with Crippen LogP contribution >= 0.6 is 0 Å². The number of sulfone groups is 1. The third kappa shape index (κ3) is 3.32. The van der Waals surface area contributed by atoms with Crippen LogP contribution in [0.1, 0.15) is 10.4 Å². The summed E-state index contributed by atoms with van der Waals surface area (Å²) in [6.07, 6.45) is 0. The molecule has 0 saturated carbocycles. The van der Waals surface area contributed by atoms with E-state index in [0.29, 0.717) is 11.1 Å². The van der Waals surface area contributed by atoms with Crippen LogP contribution in [-0.2, 0) is 9.84 Å². The summed E-state index contributed by atoms with van der Waals surface area (Å²) in [5.41, 5.74) is -0.997. The SMILES string of the molecule is COc1cccc2cc(C(=O)CS(=O)(=O)c3ccccc3)c(=O)oc12. The van der Waals surface area contributed by atoms with Crippen molar-refractivity contribution in [3.05, 3.63) is 70.6 Å². The van der Waals surface area contributed by atoms with Crippen molar-refractivity contribution in [3.8, 4) is 5.75 Å². The zero-order valence-electron chi connectivity index (χ0n) is 13.3. The van der Waals surface area contributed by atoms with Crippen molar-refractivity contribution in [2.24, 2.45) is 0 Å². The number of benzene rings is 2. The predicted octanol–water partition coefficient (Wildman–Crippen LogP) is 2.46. The predicted molar refractivity (Wildman–Crippen MR) is 91.9 cm³/mol.